The van der Waals surface area contributed by atoms with Gasteiger partial charge in [0.05, 0.1) is 17.3 Å². The Morgan fingerprint density at radius 2 is 1.83 bits per heavy atom. The zero-order valence-corrected chi connectivity index (χ0v) is 37.4. The van der Waals surface area contributed by atoms with Crippen molar-refractivity contribution in [3.8, 4) is 0 Å². The number of nitrogen functional groups attached to an aromatic ring is 1. The van der Waals surface area contributed by atoms with Crippen molar-refractivity contribution in [3.05, 3.63) is 40.0 Å². The SMILES string of the molecule is CCCCCCN(C(=O)[C@H](C(=O)N[C@@H]1C[C@H](C)CCN1)[C@@H](C)CC)[C@H](C[C@@H](OC(C)=O)c1nc(NC(=O)[C@@H](Cc2ccc(N)c(F)c2)CC(C)(C)C(=O)O)cs1)C(C)C. The number of nitrogens with two attached hydrogens (primary N) is 1. The van der Waals surface area contributed by atoms with Crippen LogP contribution in [0.1, 0.15) is 137 Å². The van der Waals surface area contributed by atoms with Crippen LogP contribution in [0.2, 0.25) is 0 Å². The van der Waals surface area contributed by atoms with E-state index >= 15 is 0 Å². The average Bonchev–Trinajstić information content (AvgIpc) is 3.62. The van der Waals surface area contributed by atoms with Crippen LogP contribution in [0.4, 0.5) is 15.9 Å². The zero-order chi connectivity index (χ0) is 44.0. The fraction of sp³-hybridized carbons (Fsp3) is 0.682. The molecule has 3 rings (SSSR count). The van der Waals surface area contributed by atoms with Crippen LogP contribution in [0.25, 0.3) is 0 Å². The first-order valence-electron chi connectivity index (χ1n) is 21.3. The molecule has 6 N–H and O–H groups in total. The normalized spacial score (nSPS) is 18.3. The molecule has 0 unspecified atom stereocenters. The van der Waals surface area contributed by atoms with Gasteiger partial charge in [0.15, 0.2) is 6.10 Å². The van der Waals surface area contributed by atoms with Crippen LogP contribution in [0.15, 0.2) is 23.6 Å². The molecule has 3 amide bonds. The van der Waals surface area contributed by atoms with Gasteiger partial charge in [-0.15, -0.1) is 11.3 Å². The van der Waals surface area contributed by atoms with E-state index in [9.17, 15) is 33.5 Å². The number of nitrogens with one attached hydrogen (secondary N) is 3. The van der Waals surface area contributed by atoms with Crippen LogP contribution in [0.3, 0.4) is 0 Å². The van der Waals surface area contributed by atoms with Gasteiger partial charge in [0.1, 0.15) is 22.6 Å². The Labute approximate surface area is 354 Å². The second kappa shape index (κ2) is 23.0. The lowest BCUT2D eigenvalue weighted by Gasteiger charge is -2.39. The van der Waals surface area contributed by atoms with Crippen LogP contribution in [0.5, 0.6) is 0 Å². The van der Waals surface area contributed by atoms with Gasteiger partial charge >= 0.3 is 11.9 Å². The largest absolute Gasteiger partial charge is 0.481 e. The molecular weight excluding hydrogens is 776 g/mol. The second-order valence-electron chi connectivity index (χ2n) is 17.5. The molecule has 2 aromatic rings. The molecule has 7 atom stereocenters. The van der Waals surface area contributed by atoms with Crippen molar-refractivity contribution in [2.45, 2.75) is 145 Å². The number of hydrogen-bond acceptors (Lipinski definition) is 10. The van der Waals surface area contributed by atoms with Crippen LogP contribution in [0, 0.1) is 40.8 Å². The van der Waals surface area contributed by atoms with Gasteiger partial charge in [-0.05, 0) is 87.9 Å². The fourth-order valence-electron chi connectivity index (χ4n) is 7.70. The Kier molecular flexibility index (Phi) is 19.2. The molecule has 330 valence electrons. The van der Waals surface area contributed by atoms with E-state index in [0.717, 1.165) is 45.1 Å². The average molecular weight is 845 g/mol. The number of benzene rings is 1. The number of halogens is 1. The summed E-state index contributed by atoms with van der Waals surface area (Å²) in [5.74, 6) is -4.78. The summed E-state index contributed by atoms with van der Waals surface area (Å²) in [4.78, 5) is 73.9. The minimum Gasteiger partial charge on any atom is -0.481 e. The van der Waals surface area contributed by atoms with Crippen molar-refractivity contribution in [3.63, 3.8) is 0 Å². The first-order valence-corrected chi connectivity index (χ1v) is 22.2. The fourth-order valence-corrected chi connectivity index (χ4v) is 8.49. The molecule has 0 spiro atoms. The summed E-state index contributed by atoms with van der Waals surface area (Å²) in [6.07, 6.45) is 5.23. The van der Waals surface area contributed by atoms with E-state index in [1.165, 1.54) is 44.2 Å². The Morgan fingerprint density at radius 1 is 1.12 bits per heavy atom. The standard InChI is InChI=1S/C44H69FN6O7S/c1-10-12-13-14-19-51(42(55)38(28(6)11-2)40(54)48-36-20-27(5)17-18-47-36)34(26(3)4)23-35(58-29(7)52)41-50-37(25-59-41)49-39(53)31(24-44(8,9)43(56)57)21-30-15-16-33(46)32(45)22-30/h15-16,22,25-28,31,34-36,38,47H,10-14,17-21,23-24,46H2,1-9H3,(H,48,54)(H,49,53)(H,56,57)/t27-,28+,31+,34-,35-,36-,38+/m1/s1. The van der Waals surface area contributed by atoms with Gasteiger partial charge in [-0.3, -0.25) is 29.3 Å². The van der Waals surface area contributed by atoms with E-state index in [1.54, 1.807) is 11.4 Å². The maximum atomic E-state index is 14.9. The highest BCUT2D eigenvalue weighted by molar-refractivity contribution is 7.10. The molecule has 1 aliphatic rings. The van der Waals surface area contributed by atoms with E-state index in [4.69, 9.17) is 10.5 Å². The number of nitrogens with zero attached hydrogens (tertiary/aromatic N) is 2. The molecule has 0 aliphatic carbocycles. The highest BCUT2D eigenvalue weighted by atomic mass is 32.1. The van der Waals surface area contributed by atoms with Gasteiger partial charge < -0.3 is 31.1 Å². The molecule has 2 heterocycles. The third-order valence-corrected chi connectivity index (χ3v) is 12.5. The van der Waals surface area contributed by atoms with E-state index in [1.807, 2.05) is 32.6 Å². The van der Waals surface area contributed by atoms with Gasteiger partial charge in [0, 0.05) is 37.2 Å². The van der Waals surface area contributed by atoms with Gasteiger partial charge in [0.25, 0.3) is 0 Å². The number of aromatic nitrogens is 1. The molecule has 13 nitrogen and oxygen atoms in total. The van der Waals surface area contributed by atoms with E-state index in [-0.39, 0.29) is 60.6 Å². The summed E-state index contributed by atoms with van der Waals surface area (Å²) < 4.78 is 20.3. The predicted molar refractivity (Wildman–Crippen MR) is 230 cm³/mol. The molecule has 0 radical (unpaired) electrons. The zero-order valence-electron chi connectivity index (χ0n) is 36.6. The molecule has 0 bridgehead atoms. The number of anilines is 2. The highest BCUT2D eigenvalue weighted by Gasteiger charge is 2.41. The highest BCUT2D eigenvalue weighted by Crippen LogP contribution is 2.35. The summed E-state index contributed by atoms with van der Waals surface area (Å²) >= 11 is 1.18. The Bertz CT molecular complexity index is 1720. The van der Waals surface area contributed by atoms with Crippen LogP contribution in [-0.4, -0.2) is 69.9 Å². The molecular formula is C44H69FN6O7S. The maximum absolute atomic E-state index is 14.9. The summed E-state index contributed by atoms with van der Waals surface area (Å²) in [5, 5.41) is 21.2. The smallest absolute Gasteiger partial charge is 0.309 e. The number of ether oxygens (including phenoxy) is 1. The maximum Gasteiger partial charge on any atom is 0.309 e. The van der Waals surface area contributed by atoms with Crippen molar-refractivity contribution in [2.24, 2.45) is 35.0 Å². The van der Waals surface area contributed by atoms with Crippen molar-refractivity contribution in [2.75, 3.05) is 24.1 Å². The number of carboxylic acid groups (broad SMARTS) is 1. The summed E-state index contributed by atoms with van der Waals surface area (Å²) in [6.45, 7) is 17.8. The van der Waals surface area contributed by atoms with E-state index in [0.29, 0.717) is 29.5 Å². The molecule has 1 aromatic carbocycles. The molecule has 0 saturated carbocycles. The summed E-state index contributed by atoms with van der Waals surface area (Å²) in [5.41, 5.74) is 4.83. The lowest BCUT2D eigenvalue weighted by Crippen LogP contribution is -2.56. The topological polar surface area (TPSA) is 193 Å². The van der Waals surface area contributed by atoms with E-state index < -0.39 is 53.1 Å². The quantitative estimate of drug-likeness (QED) is 0.0320. The number of carbonyl (C=O) groups excluding carboxylic acids is 4. The number of hydrogen-bond donors (Lipinski definition) is 5. The Hall–Kier alpha value is -4.11. The summed E-state index contributed by atoms with van der Waals surface area (Å²) in [7, 11) is 0. The molecule has 1 saturated heterocycles. The first-order chi connectivity index (χ1) is 27.8. The number of rotatable bonds is 23. The first kappa shape index (κ1) is 49.3. The van der Waals surface area contributed by atoms with E-state index in [2.05, 4.69) is 34.8 Å². The summed E-state index contributed by atoms with van der Waals surface area (Å²) in [6, 6.07) is 3.81. The minimum absolute atomic E-state index is 0.0376. The molecule has 1 aromatic heterocycles. The van der Waals surface area contributed by atoms with Crippen molar-refractivity contribution >= 4 is 52.5 Å². The molecule has 1 aliphatic heterocycles. The molecule has 59 heavy (non-hydrogen) atoms. The lowest BCUT2D eigenvalue weighted by atomic mass is 9.80. The van der Waals surface area contributed by atoms with Gasteiger partial charge in [0.2, 0.25) is 17.7 Å². The van der Waals surface area contributed by atoms with Crippen molar-refractivity contribution in [1.82, 2.24) is 20.5 Å². The monoisotopic (exact) mass is 844 g/mol. The number of esters is 1. The number of carboxylic acids is 1. The number of aliphatic carboxylic acids is 1. The predicted octanol–water partition coefficient (Wildman–Crippen LogP) is 7.71. The number of carbonyl (C=O) groups is 5. The van der Waals surface area contributed by atoms with Crippen molar-refractivity contribution in [1.29, 1.82) is 0 Å². The third-order valence-electron chi connectivity index (χ3n) is 11.5. The molecule has 15 heteroatoms. The number of amides is 3. The second-order valence-corrected chi connectivity index (χ2v) is 18.3. The van der Waals surface area contributed by atoms with Crippen LogP contribution in [-0.2, 0) is 35.1 Å². The van der Waals surface area contributed by atoms with Gasteiger partial charge in [-0.2, -0.15) is 0 Å². The Balaban J connectivity index is 1.94. The minimum atomic E-state index is -1.27. The van der Waals surface area contributed by atoms with Gasteiger partial charge in [-0.25, -0.2) is 9.37 Å². The number of thiazole rings is 1. The number of piperidine rings is 1. The van der Waals surface area contributed by atoms with Crippen LogP contribution < -0.4 is 21.7 Å². The van der Waals surface area contributed by atoms with Crippen molar-refractivity contribution < 1.29 is 38.2 Å². The Morgan fingerprint density at radius 3 is 2.42 bits per heavy atom. The van der Waals surface area contributed by atoms with Gasteiger partial charge in [-0.1, -0.05) is 73.3 Å². The third kappa shape index (κ3) is 14.8. The van der Waals surface area contributed by atoms with Crippen LogP contribution >= 0.6 is 11.3 Å². The molecule has 1 fully saturated rings. The lowest BCUT2D eigenvalue weighted by molar-refractivity contribution is -0.151. The number of unbranched alkanes of at least 4 members (excludes halogenated alkanes) is 3.